The molecule has 0 radical (unpaired) electrons. The topological polar surface area (TPSA) is 53.6 Å². The maximum absolute atomic E-state index is 12.3. The number of methoxy groups -OCH3 is 1. The Hall–Kier alpha value is -2.24. The van der Waals surface area contributed by atoms with Crippen LogP contribution in [0.2, 0.25) is 5.02 Å². The summed E-state index contributed by atoms with van der Waals surface area (Å²) in [6, 6.07) is 11.3. The predicted molar refractivity (Wildman–Crippen MR) is 102 cm³/mol. The summed E-state index contributed by atoms with van der Waals surface area (Å²) in [4.78, 5) is 14.4. The van der Waals surface area contributed by atoms with Gasteiger partial charge in [0, 0.05) is 24.2 Å². The SMILES string of the molecule is COc1cc(Cl)c(C)cc1NC(=O)NCc1ccccc1CN(C)C. The number of aryl methyl sites for hydroxylation is 1. The summed E-state index contributed by atoms with van der Waals surface area (Å²) in [5, 5.41) is 6.30. The number of nitrogens with zero attached hydrogens (tertiary/aromatic N) is 1. The number of nitrogens with one attached hydrogen (secondary N) is 2. The number of carbonyl (C=O) groups excluding carboxylic acids is 1. The van der Waals surface area contributed by atoms with Gasteiger partial charge in [-0.2, -0.15) is 0 Å². The highest BCUT2D eigenvalue weighted by Gasteiger charge is 2.11. The molecule has 2 aromatic rings. The van der Waals surface area contributed by atoms with Crippen molar-refractivity contribution in [2.24, 2.45) is 0 Å². The quantitative estimate of drug-likeness (QED) is 0.816. The zero-order valence-electron chi connectivity index (χ0n) is 15.0. The zero-order chi connectivity index (χ0) is 18.4. The van der Waals surface area contributed by atoms with Gasteiger partial charge in [-0.1, -0.05) is 35.9 Å². The summed E-state index contributed by atoms with van der Waals surface area (Å²) in [6.07, 6.45) is 0. The number of carbonyl (C=O) groups is 1. The minimum Gasteiger partial charge on any atom is -0.495 e. The maximum atomic E-state index is 12.3. The minimum atomic E-state index is -0.292. The number of ether oxygens (including phenoxy) is 1. The summed E-state index contributed by atoms with van der Waals surface area (Å²) in [6.45, 7) is 3.15. The van der Waals surface area contributed by atoms with Gasteiger partial charge in [0.15, 0.2) is 0 Å². The molecular weight excluding hydrogens is 338 g/mol. The molecule has 0 aliphatic heterocycles. The second-order valence-electron chi connectivity index (χ2n) is 6.12. The van der Waals surface area contributed by atoms with Crippen molar-refractivity contribution in [3.63, 3.8) is 0 Å². The number of urea groups is 1. The predicted octanol–water partition coefficient (Wildman–Crippen LogP) is 4.04. The Kier molecular flexibility index (Phi) is 6.67. The Morgan fingerprint density at radius 1 is 1.20 bits per heavy atom. The molecule has 2 N–H and O–H groups in total. The molecule has 0 aliphatic rings. The van der Waals surface area contributed by atoms with Crippen molar-refractivity contribution in [3.8, 4) is 5.75 Å². The lowest BCUT2D eigenvalue weighted by Gasteiger charge is -2.16. The van der Waals surface area contributed by atoms with Crippen molar-refractivity contribution < 1.29 is 9.53 Å². The number of benzene rings is 2. The summed E-state index contributed by atoms with van der Waals surface area (Å²) in [7, 11) is 5.58. The van der Waals surface area contributed by atoms with E-state index in [9.17, 15) is 4.79 Å². The van der Waals surface area contributed by atoms with Gasteiger partial charge in [-0.25, -0.2) is 4.79 Å². The molecule has 0 aromatic heterocycles. The fourth-order valence-corrected chi connectivity index (χ4v) is 2.65. The van der Waals surface area contributed by atoms with Crippen LogP contribution in [0.3, 0.4) is 0 Å². The van der Waals surface area contributed by atoms with Crippen LogP contribution in [-0.2, 0) is 13.1 Å². The summed E-state index contributed by atoms with van der Waals surface area (Å²) in [5.74, 6) is 0.527. The van der Waals surface area contributed by atoms with E-state index in [4.69, 9.17) is 16.3 Å². The number of hydrogen-bond donors (Lipinski definition) is 2. The van der Waals surface area contributed by atoms with Gasteiger partial charge in [0.1, 0.15) is 5.75 Å². The van der Waals surface area contributed by atoms with Gasteiger partial charge in [-0.3, -0.25) is 0 Å². The number of rotatable bonds is 6. The van der Waals surface area contributed by atoms with Crippen LogP contribution in [0.25, 0.3) is 0 Å². The number of amides is 2. The van der Waals surface area contributed by atoms with E-state index < -0.39 is 0 Å². The van der Waals surface area contributed by atoms with Gasteiger partial charge in [0.25, 0.3) is 0 Å². The van der Waals surface area contributed by atoms with Crippen molar-refractivity contribution >= 4 is 23.3 Å². The monoisotopic (exact) mass is 361 g/mol. The van der Waals surface area contributed by atoms with Gasteiger partial charge in [0.05, 0.1) is 12.8 Å². The highest BCUT2D eigenvalue weighted by atomic mass is 35.5. The molecule has 2 aromatic carbocycles. The van der Waals surface area contributed by atoms with Crippen LogP contribution in [0, 0.1) is 6.92 Å². The average Bonchev–Trinajstić information content (AvgIpc) is 2.56. The van der Waals surface area contributed by atoms with Crippen LogP contribution in [-0.4, -0.2) is 32.1 Å². The maximum Gasteiger partial charge on any atom is 0.319 e. The lowest BCUT2D eigenvalue weighted by molar-refractivity contribution is 0.251. The van der Waals surface area contributed by atoms with E-state index >= 15 is 0 Å². The zero-order valence-corrected chi connectivity index (χ0v) is 15.8. The van der Waals surface area contributed by atoms with Crippen LogP contribution in [0.15, 0.2) is 36.4 Å². The molecule has 0 heterocycles. The second kappa shape index (κ2) is 8.74. The summed E-state index contributed by atoms with van der Waals surface area (Å²) >= 11 is 6.09. The fraction of sp³-hybridized carbons (Fsp3) is 0.316. The Balaban J connectivity index is 2.04. The molecule has 0 fully saturated rings. The first-order valence-electron chi connectivity index (χ1n) is 8.01. The Labute approximate surface area is 153 Å². The number of anilines is 1. The Morgan fingerprint density at radius 3 is 2.52 bits per heavy atom. The third-order valence-electron chi connectivity index (χ3n) is 3.77. The van der Waals surface area contributed by atoms with E-state index in [-0.39, 0.29) is 6.03 Å². The molecule has 0 saturated heterocycles. The molecule has 0 bridgehead atoms. The third kappa shape index (κ3) is 5.37. The molecule has 0 aliphatic carbocycles. The molecule has 25 heavy (non-hydrogen) atoms. The van der Waals surface area contributed by atoms with Crippen molar-refractivity contribution in [1.29, 1.82) is 0 Å². The fourth-order valence-electron chi connectivity index (χ4n) is 2.50. The first kappa shape index (κ1) is 19.1. The van der Waals surface area contributed by atoms with Gasteiger partial charge < -0.3 is 20.3 Å². The molecular formula is C19H24ClN3O2. The van der Waals surface area contributed by atoms with Gasteiger partial charge >= 0.3 is 6.03 Å². The van der Waals surface area contributed by atoms with E-state index in [1.54, 1.807) is 19.2 Å². The van der Waals surface area contributed by atoms with Gasteiger partial charge in [-0.15, -0.1) is 0 Å². The molecule has 0 atom stereocenters. The molecule has 0 spiro atoms. The van der Waals surface area contributed by atoms with Crippen molar-refractivity contribution in [1.82, 2.24) is 10.2 Å². The standard InChI is InChI=1S/C19H24ClN3O2/c1-13-9-17(18(25-4)10-16(13)20)22-19(24)21-11-14-7-5-6-8-15(14)12-23(2)3/h5-10H,11-12H2,1-4H3,(H2,21,22,24). The number of hydrogen-bond acceptors (Lipinski definition) is 3. The van der Waals surface area contributed by atoms with Crippen molar-refractivity contribution in [2.45, 2.75) is 20.0 Å². The third-order valence-corrected chi connectivity index (χ3v) is 4.18. The van der Waals surface area contributed by atoms with E-state index in [2.05, 4.69) is 21.6 Å². The first-order chi connectivity index (χ1) is 11.9. The van der Waals surface area contributed by atoms with Crippen molar-refractivity contribution in [2.75, 3.05) is 26.5 Å². The molecule has 6 heteroatoms. The molecule has 134 valence electrons. The highest BCUT2D eigenvalue weighted by molar-refractivity contribution is 6.31. The minimum absolute atomic E-state index is 0.292. The lowest BCUT2D eigenvalue weighted by Crippen LogP contribution is -2.29. The average molecular weight is 362 g/mol. The van der Waals surface area contributed by atoms with Gasteiger partial charge in [-0.05, 0) is 43.8 Å². The van der Waals surface area contributed by atoms with Crippen LogP contribution in [0.5, 0.6) is 5.75 Å². The van der Waals surface area contributed by atoms with E-state index in [1.807, 2.05) is 39.2 Å². The van der Waals surface area contributed by atoms with Crippen LogP contribution in [0.4, 0.5) is 10.5 Å². The molecule has 5 nitrogen and oxygen atoms in total. The van der Waals surface area contributed by atoms with Crippen LogP contribution < -0.4 is 15.4 Å². The van der Waals surface area contributed by atoms with Crippen LogP contribution in [0.1, 0.15) is 16.7 Å². The van der Waals surface area contributed by atoms with Gasteiger partial charge in [0.2, 0.25) is 0 Å². The number of halogens is 1. The largest absolute Gasteiger partial charge is 0.495 e. The highest BCUT2D eigenvalue weighted by Crippen LogP contribution is 2.30. The smallest absolute Gasteiger partial charge is 0.319 e. The lowest BCUT2D eigenvalue weighted by atomic mass is 10.1. The van der Waals surface area contributed by atoms with E-state index in [0.717, 1.165) is 17.7 Å². The second-order valence-corrected chi connectivity index (χ2v) is 6.52. The van der Waals surface area contributed by atoms with Crippen LogP contribution >= 0.6 is 11.6 Å². The Bertz CT molecular complexity index is 747. The van der Waals surface area contributed by atoms with Crippen molar-refractivity contribution in [3.05, 3.63) is 58.1 Å². The van der Waals surface area contributed by atoms with E-state index in [0.29, 0.717) is 23.0 Å². The molecule has 0 saturated carbocycles. The normalized spacial score (nSPS) is 10.6. The molecule has 0 unspecified atom stereocenters. The first-order valence-corrected chi connectivity index (χ1v) is 8.39. The Morgan fingerprint density at radius 2 is 1.88 bits per heavy atom. The molecule has 2 amide bonds. The summed E-state index contributed by atoms with van der Waals surface area (Å²) < 4.78 is 5.28. The van der Waals surface area contributed by atoms with E-state index in [1.165, 1.54) is 5.56 Å². The summed E-state index contributed by atoms with van der Waals surface area (Å²) in [5.41, 5.74) is 3.73. The molecule has 2 rings (SSSR count).